The van der Waals surface area contributed by atoms with Crippen LogP contribution in [0.2, 0.25) is 0 Å². The average molecular weight is 216 g/mol. The van der Waals surface area contributed by atoms with Crippen molar-refractivity contribution < 1.29 is 5.11 Å². The second-order valence-corrected chi connectivity index (χ2v) is 3.97. The van der Waals surface area contributed by atoms with E-state index in [0.717, 1.165) is 39.0 Å². The molecule has 0 aromatic carbocycles. The van der Waals surface area contributed by atoms with E-state index in [9.17, 15) is 0 Å². The highest BCUT2D eigenvalue weighted by molar-refractivity contribution is 4.57. The van der Waals surface area contributed by atoms with Gasteiger partial charge in [0.05, 0.1) is 0 Å². The third-order valence-electron chi connectivity index (χ3n) is 2.60. The van der Waals surface area contributed by atoms with Gasteiger partial charge in [0.25, 0.3) is 0 Å². The number of nitrogens with zero attached hydrogens (tertiary/aromatic N) is 1. The van der Waals surface area contributed by atoms with Crippen LogP contribution < -0.4 is 5.32 Å². The van der Waals surface area contributed by atoms with E-state index in [2.05, 4.69) is 24.1 Å². The van der Waals surface area contributed by atoms with Gasteiger partial charge in [0.2, 0.25) is 0 Å². The van der Waals surface area contributed by atoms with Crippen LogP contribution in [-0.2, 0) is 0 Å². The maximum absolute atomic E-state index is 8.61. The van der Waals surface area contributed by atoms with Crippen molar-refractivity contribution in [2.75, 3.05) is 39.3 Å². The third-order valence-corrected chi connectivity index (χ3v) is 2.60. The molecule has 0 spiro atoms. The molecule has 0 aliphatic carbocycles. The van der Waals surface area contributed by atoms with Crippen LogP contribution in [0.15, 0.2) is 0 Å². The number of aliphatic hydroxyl groups excluding tert-OH is 1. The summed E-state index contributed by atoms with van der Waals surface area (Å²) in [5.74, 6) is 0. The van der Waals surface area contributed by atoms with Crippen molar-refractivity contribution in [1.82, 2.24) is 10.2 Å². The lowest BCUT2D eigenvalue weighted by Gasteiger charge is -2.19. The smallest absolute Gasteiger partial charge is 0.0431 e. The van der Waals surface area contributed by atoms with Crippen molar-refractivity contribution in [3.8, 4) is 0 Å². The van der Waals surface area contributed by atoms with Gasteiger partial charge in [-0.3, -0.25) is 0 Å². The van der Waals surface area contributed by atoms with Crippen LogP contribution in [0.25, 0.3) is 0 Å². The molecule has 0 heterocycles. The van der Waals surface area contributed by atoms with E-state index in [1.165, 1.54) is 19.4 Å². The minimum atomic E-state index is 0.333. The zero-order valence-corrected chi connectivity index (χ0v) is 10.5. The summed E-state index contributed by atoms with van der Waals surface area (Å²) in [6, 6.07) is 0. The molecule has 0 saturated carbocycles. The van der Waals surface area contributed by atoms with E-state index in [1.807, 2.05) is 0 Å². The van der Waals surface area contributed by atoms with Crippen LogP contribution in [0, 0.1) is 0 Å². The van der Waals surface area contributed by atoms with E-state index < -0.39 is 0 Å². The number of nitrogens with one attached hydrogen (secondary N) is 1. The van der Waals surface area contributed by atoms with Gasteiger partial charge in [0, 0.05) is 19.7 Å². The maximum Gasteiger partial charge on any atom is 0.0431 e. The summed E-state index contributed by atoms with van der Waals surface area (Å²) in [4.78, 5) is 2.47. The van der Waals surface area contributed by atoms with Crippen LogP contribution >= 0.6 is 0 Å². The fraction of sp³-hybridized carbons (Fsp3) is 1.00. The van der Waals surface area contributed by atoms with E-state index in [-0.39, 0.29) is 0 Å². The fourth-order valence-corrected chi connectivity index (χ4v) is 1.65. The summed E-state index contributed by atoms with van der Waals surface area (Å²) in [5.41, 5.74) is 0. The Bertz CT molecular complexity index is 120. The molecule has 0 unspecified atom stereocenters. The first-order chi connectivity index (χ1) is 7.35. The summed E-state index contributed by atoms with van der Waals surface area (Å²) in [6.45, 7) is 10.5. The van der Waals surface area contributed by atoms with Gasteiger partial charge in [0.1, 0.15) is 0 Å². The van der Waals surface area contributed by atoms with Crippen LogP contribution in [-0.4, -0.2) is 49.3 Å². The van der Waals surface area contributed by atoms with Gasteiger partial charge >= 0.3 is 0 Å². The summed E-state index contributed by atoms with van der Waals surface area (Å²) in [5, 5.41) is 12.0. The van der Waals surface area contributed by atoms with Gasteiger partial charge in [-0.1, -0.05) is 13.8 Å². The Morgan fingerprint density at radius 3 is 2.40 bits per heavy atom. The standard InChI is InChI=1S/C12H28N2O/c1-3-10-14(4-2)11-9-13-8-6-5-7-12-15/h13,15H,3-12H2,1-2H3. The Kier molecular flexibility index (Phi) is 11.9. The Labute approximate surface area is 94.9 Å². The molecule has 0 amide bonds. The molecule has 0 saturated heterocycles. The number of hydrogen-bond donors (Lipinski definition) is 2. The largest absolute Gasteiger partial charge is 0.396 e. The minimum absolute atomic E-state index is 0.333. The van der Waals surface area contributed by atoms with Crippen LogP contribution in [0.1, 0.15) is 39.5 Å². The first kappa shape index (κ1) is 14.9. The SMILES string of the molecule is CCCN(CC)CCNCCCCCO. The molecule has 92 valence electrons. The van der Waals surface area contributed by atoms with Gasteiger partial charge in [-0.05, 0) is 45.3 Å². The molecule has 2 N–H and O–H groups in total. The number of rotatable bonds is 11. The molecule has 0 rings (SSSR count). The molecule has 0 radical (unpaired) electrons. The molecule has 0 aromatic heterocycles. The molecule has 0 aliphatic heterocycles. The molecular formula is C12H28N2O. The predicted molar refractivity (Wildman–Crippen MR) is 66.2 cm³/mol. The Balaban J connectivity index is 3.14. The Hall–Kier alpha value is -0.120. The van der Waals surface area contributed by atoms with Crippen molar-refractivity contribution in [1.29, 1.82) is 0 Å². The van der Waals surface area contributed by atoms with E-state index in [0.29, 0.717) is 6.61 Å². The van der Waals surface area contributed by atoms with E-state index >= 15 is 0 Å². The van der Waals surface area contributed by atoms with Crippen molar-refractivity contribution in [2.24, 2.45) is 0 Å². The van der Waals surface area contributed by atoms with E-state index in [1.54, 1.807) is 0 Å². The Morgan fingerprint density at radius 1 is 1.00 bits per heavy atom. The number of unbranched alkanes of at least 4 members (excludes halogenated alkanes) is 2. The normalized spacial score (nSPS) is 11.2. The molecule has 3 heteroatoms. The second kappa shape index (κ2) is 12.0. The first-order valence-corrected chi connectivity index (χ1v) is 6.39. The van der Waals surface area contributed by atoms with Gasteiger partial charge in [-0.2, -0.15) is 0 Å². The monoisotopic (exact) mass is 216 g/mol. The zero-order chi connectivity index (χ0) is 11.4. The van der Waals surface area contributed by atoms with Gasteiger partial charge < -0.3 is 15.3 Å². The molecule has 0 aliphatic rings. The molecule has 0 atom stereocenters. The number of hydrogen-bond acceptors (Lipinski definition) is 3. The number of aliphatic hydroxyl groups is 1. The van der Waals surface area contributed by atoms with Crippen molar-refractivity contribution in [3.05, 3.63) is 0 Å². The highest BCUT2D eigenvalue weighted by Gasteiger charge is 1.98. The summed E-state index contributed by atoms with van der Waals surface area (Å²) >= 11 is 0. The van der Waals surface area contributed by atoms with Crippen molar-refractivity contribution >= 4 is 0 Å². The van der Waals surface area contributed by atoms with Gasteiger partial charge in [-0.25, -0.2) is 0 Å². The van der Waals surface area contributed by atoms with Crippen LogP contribution in [0.3, 0.4) is 0 Å². The van der Waals surface area contributed by atoms with E-state index in [4.69, 9.17) is 5.11 Å². The van der Waals surface area contributed by atoms with Gasteiger partial charge in [-0.15, -0.1) is 0 Å². The molecule has 0 fully saturated rings. The third kappa shape index (κ3) is 10.2. The van der Waals surface area contributed by atoms with Gasteiger partial charge in [0.15, 0.2) is 0 Å². The second-order valence-electron chi connectivity index (χ2n) is 3.97. The molecule has 0 bridgehead atoms. The van der Waals surface area contributed by atoms with Crippen molar-refractivity contribution in [2.45, 2.75) is 39.5 Å². The highest BCUT2D eigenvalue weighted by Crippen LogP contribution is 1.92. The fourth-order valence-electron chi connectivity index (χ4n) is 1.65. The molecule has 0 aromatic rings. The average Bonchev–Trinajstić information content (AvgIpc) is 2.26. The maximum atomic E-state index is 8.61. The lowest BCUT2D eigenvalue weighted by molar-refractivity contribution is 0.279. The lowest BCUT2D eigenvalue weighted by atomic mass is 10.2. The van der Waals surface area contributed by atoms with Crippen LogP contribution in [0.4, 0.5) is 0 Å². The summed E-state index contributed by atoms with van der Waals surface area (Å²) in [6.07, 6.45) is 4.50. The highest BCUT2D eigenvalue weighted by atomic mass is 16.2. The predicted octanol–water partition coefficient (Wildman–Crippen LogP) is 1.47. The molecular weight excluding hydrogens is 188 g/mol. The minimum Gasteiger partial charge on any atom is -0.396 e. The van der Waals surface area contributed by atoms with Crippen LogP contribution in [0.5, 0.6) is 0 Å². The first-order valence-electron chi connectivity index (χ1n) is 6.39. The lowest BCUT2D eigenvalue weighted by Crippen LogP contribution is -2.32. The summed E-state index contributed by atoms with van der Waals surface area (Å²) in [7, 11) is 0. The number of likely N-dealkylation sites (N-methyl/N-ethyl adjacent to an activating group) is 1. The zero-order valence-electron chi connectivity index (χ0n) is 10.5. The Morgan fingerprint density at radius 2 is 1.80 bits per heavy atom. The topological polar surface area (TPSA) is 35.5 Å². The molecule has 3 nitrogen and oxygen atoms in total. The quantitative estimate of drug-likeness (QED) is 0.513. The summed E-state index contributed by atoms with van der Waals surface area (Å²) < 4.78 is 0. The van der Waals surface area contributed by atoms with Crippen molar-refractivity contribution in [3.63, 3.8) is 0 Å². The molecule has 15 heavy (non-hydrogen) atoms.